The average Bonchev–Trinajstić information content (AvgIpc) is 2.67. The van der Waals surface area contributed by atoms with Gasteiger partial charge in [-0.3, -0.25) is 14.5 Å². The highest BCUT2D eigenvalue weighted by molar-refractivity contribution is 6.23. The molecule has 2 N–H and O–H groups in total. The smallest absolute Gasteiger partial charge is 0.263 e. The van der Waals surface area contributed by atoms with Crippen LogP contribution in [0, 0.1) is 0 Å². The summed E-state index contributed by atoms with van der Waals surface area (Å²) >= 11 is 0. The fourth-order valence-corrected chi connectivity index (χ4v) is 2.19. The molecule has 0 saturated carbocycles. The zero-order valence-electron chi connectivity index (χ0n) is 11.8. The third kappa shape index (κ3) is 2.66. The van der Waals surface area contributed by atoms with Gasteiger partial charge in [-0.25, -0.2) is 0 Å². The lowest BCUT2D eigenvalue weighted by Gasteiger charge is -2.20. The number of carbonyl (C=O) groups excluding carboxylic acids is 2. The van der Waals surface area contributed by atoms with Crippen LogP contribution in [0.15, 0.2) is 18.2 Å². The highest BCUT2D eigenvalue weighted by Crippen LogP contribution is 2.27. The minimum atomic E-state index is -0.303. The summed E-state index contributed by atoms with van der Waals surface area (Å²) in [5, 5.41) is 0. The topological polar surface area (TPSA) is 75.9 Å². The summed E-state index contributed by atoms with van der Waals surface area (Å²) < 4.78 is 4.99. The van der Waals surface area contributed by atoms with E-state index >= 15 is 0 Å². The van der Waals surface area contributed by atoms with Crippen LogP contribution in [0.4, 0.5) is 5.69 Å². The van der Waals surface area contributed by atoms with Crippen molar-refractivity contribution in [3.63, 3.8) is 0 Å². The molecule has 6 nitrogen and oxygen atoms in total. The maximum Gasteiger partial charge on any atom is 0.263 e. The molecule has 1 aromatic rings. The largest absolute Gasteiger partial charge is 0.398 e. The van der Waals surface area contributed by atoms with Crippen LogP contribution in [0.1, 0.15) is 20.7 Å². The molecule has 0 fully saturated rings. The number of hydrogen-bond acceptors (Lipinski definition) is 5. The van der Waals surface area contributed by atoms with E-state index in [1.165, 1.54) is 4.90 Å². The molecule has 6 heteroatoms. The number of hydrogen-bond donors (Lipinski definition) is 1. The van der Waals surface area contributed by atoms with E-state index in [-0.39, 0.29) is 11.8 Å². The molecule has 108 valence electrons. The summed E-state index contributed by atoms with van der Waals surface area (Å²) in [6, 6.07) is 4.96. The minimum Gasteiger partial charge on any atom is -0.398 e. The highest BCUT2D eigenvalue weighted by Gasteiger charge is 2.36. The van der Waals surface area contributed by atoms with E-state index in [4.69, 9.17) is 10.5 Å². The second kappa shape index (κ2) is 6.02. The molecule has 1 aliphatic heterocycles. The Morgan fingerprint density at radius 1 is 1.25 bits per heavy atom. The number of nitrogens with two attached hydrogens (primary N) is 1. The lowest BCUT2D eigenvalue weighted by Crippen LogP contribution is -2.37. The lowest BCUT2D eigenvalue weighted by molar-refractivity contribution is 0.0636. The summed E-state index contributed by atoms with van der Waals surface area (Å²) in [6.07, 6.45) is 0. The first-order valence-electron chi connectivity index (χ1n) is 6.48. The normalized spacial score (nSPS) is 14.2. The molecule has 1 heterocycles. The Bertz CT molecular complexity index is 530. The van der Waals surface area contributed by atoms with Gasteiger partial charge in [0.15, 0.2) is 0 Å². The lowest BCUT2D eigenvalue weighted by atomic mass is 10.1. The first-order valence-corrected chi connectivity index (χ1v) is 6.48. The third-order valence-electron chi connectivity index (χ3n) is 3.41. The monoisotopic (exact) mass is 277 g/mol. The van der Waals surface area contributed by atoms with Gasteiger partial charge in [0.2, 0.25) is 0 Å². The number of nitrogens with zero attached hydrogens (tertiary/aromatic N) is 2. The summed E-state index contributed by atoms with van der Waals surface area (Å²) in [6.45, 7) is 2.33. The van der Waals surface area contributed by atoms with Crippen molar-refractivity contribution in [3.05, 3.63) is 29.3 Å². The molecular weight excluding hydrogens is 258 g/mol. The minimum absolute atomic E-state index is 0.266. The molecule has 2 rings (SSSR count). The number of fused-ring (bicyclic) bond motifs is 1. The predicted molar refractivity (Wildman–Crippen MR) is 75.6 cm³/mol. The quantitative estimate of drug-likeness (QED) is 0.603. The van der Waals surface area contributed by atoms with E-state index in [0.717, 1.165) is 6.54 Å². The molecule has 0 unspecified atom stereocenters. The Morgan fingerprint density at radius 2 is 2.00 bits per heavy atom. The summed E-state index contributed by atoms with van der Waals surface area (Å²) in [4.78, 5) is 27.7. The Kier molecular flexibility index (Phi) is 4.36. The van der Waals surface area contributed by atoms with E-state index in [9.17, 15) is 9.59 Å². The van der Waals surface area contributed by atoms with Crippen LogP contribution < -0.4 is 5.73 Å². The van der Waals surface area contributed by atoms with Gasteiger partial charge in [-0.05, 0) is 19.2 Å². The molecule has 0 aromatic heterocycles. The first-order chi connectivity index (χ1) is 9.56. The van der Waals surface area contributed by atoms with Crippen molar-refractivity contribution in [1.29, 1.82) is 0 Å². The van der Waals surface area contributed by atoms with Crippen molar-refractivity contribution in [3.8, 4) is 0 Å². The van der Waals surface area contributed by atoms with E-state index in [1.54, 1.807) is 25.3 Å². The van der Waals surface area contributed by atoms with Crippen LogP contribution >= 0.6 is 0 Å². The van der Waals surface area contributed by atoms with Gasteiger partial charge in [-0.2, -0.15) is 0 Å². The molecule has 0 radical (unpaired) electrons. The molecule has 0 bridgehead atoms. The van der Waals surface area contributed by atoms with Gasteiger partial charge in [0.05, 0.1) is 17.7 Å². The van der Waals surface area contributed by atoms with Crippen molar-refractivity contribution in [2.24, 2.45) is 0 Å². The number of carbonyl (C=O) groups is 2. The SMILES string of the molecule is COCCN(C)CCN1C(=O)c2cccc(N)c2C1=O. The predicted octanol–water partition coefficient (Wildman–Crippen LogP) is 0.443. The maximum absolute atomic E-state index is 12.2. The Labute approximate surface area is 118 Å². The van der Waals surface area contributed by atoms with Crippen LogP contribution in [0.5, 0.6) is 0 Å². The average molecular weight is 277 g/mol. The zero-order valence-corrected chi connectivity index (χ0v) is 11.8. The first kappa shape index (κ1) is 14.5. The molecule has 1 aliphatic rings. The van der Waals surface area contributed by atoms with E-state index in [1.807, 2.05) is 11.9 Å². The number of imide groups is 1. The summed E-state index contributed by atoms with van der Waals surface area (Å²) in [7, 11) is 3.56. The second-order valence-corrected chi connectivity index (χ2v) is 4.83. The third-order valence-corrected chi connectivity index (χ3v) is 3.41. The Morgan fingerprint density at radius 3 is 2.65 bits per heavy atom. The van der Waals surface area contributed by atoms with Crippen LogP contribution in [0.2, 0.25) is 0 Å². The molecular formula is C14H19N3O3. The Balaban J connectivity index is 2.04. The molecule has 0 spiro atoms. The standard InChI is InChI=1S/C14H19N3O3/c1-16(8-9-20-2)6-7-17-13(18)10-4-3-5-11(15)12(10)14(17)19/h3-5H,6-9,15H2,1-2H3. The molecule has 0 aliphatic carbocycles. The van der Waals surface area contributed by atoms with Crippen molar-refractivity contribution >= 4 is 17.5 Å². The van der Waals surface area contributed by atoms with Crippen molar-refractivity contribution in [2.75, 3.05) is 46.1 Å². The zero-order chi connectivity index (χ0) is 14.7. The summed E-state index contributed by atoms with van der Waals surface area (Å²) in [5.41, 5.74) is 6.87. The van der Waals surface area contributed by atoms with Crippen LogP contribution in [-0.4, -0.2) is 62.0 Å². The van der Waals surface area contributed by atoms with E-state index < -0.39 is 0 Å². The maximum atomic E-state index is 12.2. The van der Waals surface area contributed by atoms with Gasteiger partial charge in [0, 0.05) is 32.4 Å². The van der Waals surface area contributed by atoms with Crippen molar-refractivity contribution in [2.45, 2.75) is 0 Å². The Hall–Kier alpha value is -1.92. The molecule has 0 atom stereocenters. The van der Waals surface area contributed by atoms with Gasteiger partial charge in [-0.1, -0.05) is 6.07 Å². The van der Waals surface area contributed by atoms with Crippen molar-refractivity contribution in [1.82, 2.24) is 9.80 Å². The highest BCUT2D eigenvalue weighted by atomic mass is 16.5. The molecule has 0 saturated heterocycles. The number of methoxy groups -OCH3 is 1. The summed E-state index contributed by atoms with van der Waals surface area (Å²) in [5.74, 6) is -0.569. The van der Waals surface area contributed by atoms with Gasteiger partial charge >= 0.3 is 0 Å². The van der Waals surface area contributed by atoms with Gasteiger partial charge in [0.25, 0.3) is 11.8 Å². The number of benzene rings is 1. The number of likely N-dealkylation sites (N-methyl/N-ethyl adjacent to an activating group) is 1. The van der Waals surface area contributed by atoms with Crippen LogP contribution in [-0.2, 0) is 4.74 Å². The molecule has 2 amide bonds. The second-order valence-electron chi connectivity index (χ2n) is 4.83. The number of rotatable bonds is 6. The van der Waals surface area contributed by atoms with Gasteiger partial charge in [0.1, 0.15) is 0 Å². The van der Waals surface area contributed by atoms with Crippen LogP contribution in [0.25, 0.3) is 0 Å². The van der Waals surface area contributed by atoms with E-state index in [2.05, 4.69) is 0 Å². The van der Waals surface area contributed by atoms with Gasteiger partial charge in [-0.15, -0.1) is 0 Å². The van der Waals surface area contributed by atoms with Crippen LogP contribution in [0.3, 0.4) is 0 Å². The number of anilines is 1. The van der Waals surface area contributed by atoms with E-state index in [0.29, 0.717) is 36.5 Å². The van der Waals surface area contributed by atoms with Gasteiger partial charge < -0.3 is 15.4 Å². The van der Waals surface area contributed by atoms with Crippen molar-refractivity contribution < 1.29 is 14.3 Å². The fraction of sp³-hybridized carbons (Fsp3) is 0.429. The molecule has 20 heavy (non-hydrogen) atoms. The number of ether oxygens (including phenoxy) is 1. The fourth-order valence-electron chi connectivity index (χ4n) is 2.19. The number of amides is 2. The number of nitrogen functional groups attached to an aromatic ring is 1. The molecule has 1 aromatic carbocycles.